The molecule has 0 unspecified atom stereocenters. The van der Waals surface area contributed by atoms with Crippen LogP contribution < -0.4 is 0 Å². The first kappa shape index (κ1) is 47.0. The van der Waals surface area contributed by atoms with Gasteiger partial charge in [-0.1, -0.05) is 92.7 Å². The first-order chi connectivity index (χ1) is 26.6. The van der Waals surface area contributed by atoms with Crippen molar-refractivity contribution in [1.82, 2.24) is 0 Å². The van der Waals surface area contributed by atoms with Gasteiger partial charge in [0.05, 0.1) is 48.9 Å². The molecule has 1 heterocycles. The van der Waals surface area contributed by atoms with E-state index >= 15 is 0 Å². The highest BCUT2D eigenvalue weighted by Gasteiger charge is 2.49. The average molecular weight is 847 g/mol. The third-order valence-electron chi connectivity index (χ3n) is 12.9. The molecule has 0 amide bonds. The van der Waals surface area contributed by atoms with Gasteiger partial charge in [0.25, 0.3) is 0 Å². The Labute approximate surface area is 352 Å². The van der Waals surface area contributed by atoms with Crippen LogP contribution in [-0.4, -0.2) is 63.3 Å². The molecule has 318 valence electrons. The summed E-state index contributed by atoms with van der Waals surface area (Å²) in [5.74, 6) is 1.55. The van der Waals surface area contributed by atoms with Crippen molar-refractivity contribution in [1.29, 1.82) is 0 Å². The van der Waals surface area contributed by atoms with Crippen LogP contribution in [0, 0.1) is 5.92 Å². The molecule has 0 radical (unpaired) electrons. The zero-order valence-electron chi connectivity index (χ0n) is 38.3. The van der Waals surface area contributed by atoms with Crippen LogP contribution in [0.1, 0.15) is 106 Å². The summed E-state index contributed by atoms with van der Waals surface area (Å²) in [4.78, 5) is 24.5. The summed E-state index contributed by atoms with van der Waals surface area (Å²) in [6.45, 7) is 33.8. The fourth-order valence-electron chi connectivity index (χ4n) is 6.15. The van der Waals surface area contributed by atoms with Crippen LogP contribution in [0.4, 0.5) is 0 Å². The van der Waals surface area contributed by atoms with E-state index in [4.69, 9.17) is 27.5 Å². The van der Waals surface area contributed by atoms with E-state index in [-0.39, 0.29) is 45.0 Å². The molecule has 2 aliphatic rings. The maximum Gasteiger partial charge on any atom is 0.337 e. The molecule has 0 fully saturated rings. The maximum absolute atomic E-state index is 12.4. The molecule has 2 aromatic carbocycles. The lowest BCUT2D eigenvalue weighted by atomic mass is 9.74. The van der Waals surface area contributed by atoms with Crippen LogP contribution in [0.5, 0.6) is 0 Å². The Morgan fingerprint density at radius 2 is 1.16 bits per heavy atom. The number of carbonyl (C=O) groups excluding carboxylic acids is 2. The fourth-order valence-corrected chi connectivity index (χ4v) is 9.40. The Bertz CT molecular complexity index is 1900. The van der Waals surface area contributed by atoms with E-state index in [0.29, 0.717) is 23.3 Å². The molecule has 0 aromatic heterocycles. The Morgan fingerprint density at radius 3 is 1.64 bits per heavy atom. The Hall–Kier alpha value is -3.65. The highest BCUT2D eigenvalue weighted by molar-refractivity contribution is 6.75. The largest absolute Gasteiger partial charge is 0.547 e. The molecular weight excluding hydrogens is 777 g/mol. The molecule has 0 spiro atoms. The molecule has 58 heavy (non-hydrogen) atoms. The van der Waals surface area contributed by atoms with Gasteiger partial charge < -0.3 is 27.5 Å². The van der Waals surface area contributed by atoms with Crippen LogP contribution in [0.15, 0.2) is 90.1 Å². The Balaban J connectivity index is 1.90. The molecule has 0 saturated heterocycles. The van der Waals surface area contributed by atoms with E-state index in [0.717, 1.165) is 22.6 Å². The van der Waals surface area contributed by atoms with Gasteiger partial charge in [0, 0.05) is 12.3 Å². The summed E-state index contributed by atoms with van der Waals surface area (Å²) in [6.07, 6.45) is 10.4. The van der Waals surface area contributed by atoms with Crippen LogP contribution in [-0.2, 0) is 27.5 Å². The number of rotatable bonds is 12. The minimum atomic E-state index is -2.34. The average Bonchev–Trinajstić information content (AvgIpc) is 3.11. The number of methoxy groups -OCH3 is 2. The SMILES string of the molecule is COC(=O)c1ccc(/C=C/C(=C/[C@H]2C=C(O[Si](C)(C)C(C)(C)C)[C@H]3[C@H](CC(O[Si](C)(C)C(C)(C)C)=C[C@H]3c3ccc(C(=O)OC)cc3)O2)O[Si](C)(C)C(C)(C)C)cc1. The number of benzene rings is 2. The molecule has 4 atom stereocenters. The summed E-state index contributed by atoms with van der Waals surface area (Å²) in [6, 6.07) is 15.0. The fraction of sp³-hybridized carbons (Fsp3) is 0.532. The highest BCUT2D eigenvalue weighted by atomic mass is 28.4. The van der Waals surface area contributed by atoms with Gasteiger partial charge >= 0.3 is 11.9 Å². The molecule has 11 heteroatoms. The van der Waals surface area contributed by atoms with Crippen molar-refractivity contribution in [3.8, 4) is 0 Å². The highest BCUT2D eigenvalue weighted by Crippen LogP contribution is 2.50. The van der Waals surface area contributed by atoms with Crippen LogP contribution in [0.3, 0.4) is 0 Å². The zero-order chi connectivity index (χ0) is 43.6. The van der Waals surface area contributed by atoms with Crippen molar-refractivity contribution in [2.24, 2.45) is 5.92 Å². The van der Waals surface area contributed by atoms with E-state index in [2.05, 4.69) is 120 Å². The van der Waals surface area contributed by atoms with Crippen molar-refractivity contribution in [3.63, 3.8) is 0 Å². The number of allylic oxidation sites excluding steroid dienone is 2. The Kier molecular flexibility index (Phi) is 14.2. The van der Waals surface area contributed by atoms with Crippen molar-refractivity contribution in [3.05, 3.63) is 112 Å². The standard InChI is InChI=1S/C47H70O8Si3/c1-45(2,3)56(12,13)53-36(27-20-32-18-21-34(22-19-32)43(48)50-10)28-37-30-41(55-58(16,17)47(7,8)9)42-39(33-23-25-35(26-24-33)44(49)51-11)29-38(31-40(42)52-37)54-57(14,15)46(4,5)6/h18-30,37,39-40,42H,31H2,1-17H3/b27-20+,36-28-/t37-,39-,40-,42+/m0/s1. The minimum Gasteiger partial charge on any atom is -0.547 e. The number of hydrogen-bond donors (Lipinski definition) is 0. The predicted octanol–water partition coefficient (Wildman–Crippen LogP) is 12.6. The zero-order valence-corrected chi connectivity index (χ0v) is 41.3. The minimum absolute atomic E-state index is 0.000495. The number of ether oxygens (including phenoxy) is 3. The summed E-state index contributed by atoms with van der Waals surface area (Å²) in [5, 5.41) is -0.0954. The van der Waals surface area contributed by atoms with Gasteiger partial charge in [-0.3, -0.25) is 0 Å². The van der Waals surface area contributed by atoms with E-state index in [1.54, 1.807) is 12.1 Å². The molecule has 2 aromatic rings. The molecular formula is C47H70O8Si3. The molecule has 4 rings (SSSR count). The van der Waals surface area contributed by atoms with E-state index in [1.165, 1.54) is 14.2 Å². The molecule has 1 aliphatic carbocycles. The van der Waals surface area contributed by atoms with Gasteiger partial charge in [0.1, 0.15) is 11.9 Å². The van der Waals surface area contributed by atoms with Gasteiger partial charge in [-0.2, -0.15) is 0 Å². The normalized spacial score (nSPS) is 21.1. The summed E-state index contributed by atoms with van der Waals surface area (Å²) in [5.41, 5.74) is 2.96. The first-order valence-electron chi connectivity index (χ1n) is 20.5. The first-order valence-corrected chi connectivity index (χ1v) is 29.2. The topological polar surface area (TPSA) is 89.5 Å². The number of carbonyl (C=O) groups is 2. The van der Waals surface area contributed by atoms with Crippen molar-refractivity contribution >= 4 is 43.0 Å². The van der Waals surface area contributed by atoms with Gasteiger partial charge in [0.2, 0.25) is 25.0 Å². The van der Waals surface area contributed by atoms with Gasteiger partial charge in [-0.05, 0) is 114 Å². The number of hydrogen-bond acceptors (Lipinski definition) is 8. The number of esters is 2. The van der Waals surface area contributed by atoms with Gasteiger partial charge in [-0.25, -0.2) is 9.59 Å². The molecule has 0 bridgehead atoms. The molecule has 8 nitrogen and oxygen atoms in total. The second-order valence-corrected chi connectivity index (χ2v) is 34.5. The summed E-state index contributed by atoms with van der Waals surface area (Å²) < 4.78 is 38.5. The lowest BCUT2D eigenvalue weighted by Gasteiger charge is -2.47. The van der Waals surface area contributed by atoms with Gasteiger partial charge in [0.15, 0.2) is 0 Å². The van der Waals surface area contributed by atoms with Crippen LogP contribution in [0.25, 0.3) is 6.08 Å². The van der Waals surface area contributed by atoms with E-state index in [1.807, 2.05) is 48.6 Å². The second kappa shape index (κ2) is 17.5. The third kappa shape index (κ3) is 11.1. The third-order valence-corrected chi connectivity index (χ3v) is 26.0. The van der Waals surface area contributed by atoms with E-state index < -0.39 is 31.1 Å². The van der Waals surface area contributed by atoms with Crippen molar-refractivity contribution in [2.75, 3.05) is 14.2 Å². The monoisotopic (exact) mass is 846 g/mol. The Morgan fingerprint density at radius 1 is 0.672 bits per heavy atom. The molecule has 0 saturated carbocycles. The molecule has 1 aliphatic heterocycles. The molecule has 0 N–H and O–H groups in total. The lowest BCUT2D eigenvalue weighted by Crippen LogP contribution is -2.47. The summed E-state index contributed by atoms with van der Waals surface area (Å²) >= 11 is 0. The van der Waals surface area contributed by atoms with Crippen molar-refractivity contribution in [2.45, 2.75) is 141 Å². The van der Waals surface area contributed by atoms with E-state index in [9.17, 15) is 9.59 Å². The lowest BCUT2D eigenvalue weighted by molar-refractivity contribution is -0.0334. The number of fused-ring (bicyclic) bond motifs is 1. The predicted molar refractivity (Wildman–Crippen MR) is 243 cm³/mol. The smallest absolute Gasteiger partial charge is 0.337 e. The quantitative estimate of drug-likeness (QED) is 0.0903. The van der Waals surface area contributed by atoms with Gasteiger partial charge in [-0.15, -0.1) is 0 Å². The van der Waals surface area contributed by atoms with Crippen LogP contribution in [0.2, 0.25) is 54.4 Å². The van der Waals surface area contributed by atoms with Crippen molar-refractivity contribution < 1.29 is 37.1 Å². The maximum atomic E-state index is 12.4. The second-order valence-electron chi connectivity index (χ2n) is 20.3. The van der Waals surface area contributed by atoms with Crippen LogP contribution >= 0.6 is 0 Å². The summed E-state index contributed by atoms with van der Waals surface area (Å²) in [7, 11) is -4.07.